The van der Waals surface area contributed by atoms with Crippen molar-refractivity contribution in [2.24, 2.45) is 0 Å². The van der Waals surface area contributed by atoms with Crippen molar-refractivity contribution in [3.8, 4) is 45.3 Å². The van der Waals surface area contributed by atoms with Gasteiger partial charge in [0.25, 0.3) is 0 Å². The van der Waals surface area contributed by atoms with Crippen LogP contribution in [0.4, 0.5) is 0 Å². The smallest absolute Gasteiger partial charge is 0.164 e. The molecular formula is C41H25N3O. The molecule has 0 N–H and O–H groups in total. The molecule has 0 spiro atoms. The van der Waals surface area contributed by atoms with E-state index in [0.717, 1.165) is 49.8 Å². The molecule has 7 aromatic carbocycles. The summed E-state index contributed by atoms with van der Waals surface area (Å²) in [5.74, 6) is 1.88. The molecule has 2 aromatic heterocycles. The lowest BCUT2D eigenvalue weighted by Crippen LogP contribution is -2.00. The van der Waals surface area contributed by atoms with Crippen molar-refractivity contribution in [2.45, 2.75) is 0 Å². The molecule has 210 valence electrons. The number of fused-ring (bicyclic) bond motifs is 6. The number of hydrogen-bond acceptors (Lipinski definition) is 4. The van der Waals surface area contributed by atoms with Crippen molar-refractivity contribution in [3.05, 3.63) is 152 Å². The Morgan fingerprint density at radius 1 is 0.356 bits per heavy atom. The minimum Gasteiger partial charge on any atom is -0.456 e. The van der Waals surface area contributed by atoms with Gasteiger partial charge in [-0.25, -0.2) is 15.0 Å². The molecule has 0 aliphatic heterocycles. The highest BCUT2D eigenvalue weighted by Crippen LogP contribution is 2.39. The first-order valence-corrected chi connectivity index (χ1v) is 15.0. The standard InChI is InChI=1S/C41H25N3O/c1-3-11-27(12-4-1)39-42-40(28-13-5-2-6-14-28)44-41(43-39)34-16-9-17-37-38(34)35-25-30(21-23-36(35)45-37)29-20-22-33-31(24-29)19-18-26-10-7-8-15-32(26)33/h1-25H. The minimum atomic E-state index is 0.610. The van der Waals surface area contributed by atoms with Gasteiger partial charge in [-0.1, -0.05) is 127 Å². The van der Waals surface area contributed by atoms with Crippen molar-refractivity contribution in [2.75, 3.05) is 0 Å². The first kappa shape index (κ1) is 25.4. The topological polar surface area (TPSA) is 51.8 Å². The highest BCUT2D eigenvalue weighted by atomic mass is 16.3. The average molecular weight is 576 g/mol. The molecule has 0 saturated carbocycles. The maximum atomic E-state index is 6.38. The van der Waals surface area contributed by atoms with Gasteiger partial charge in [0.2, 0.25) is 0 Å². The second kappa shape index (κ2) is 10.2. The van der Waals surface area contributed by atoms with Crippen LogP contribution in [0.1, 0.15) is 0 Å². The zero-order valence-electron chi connectivity index (χ0n) is 24.2. The lowest BCUT2D eigenvalue weighted by Gasteiger charge is -2.09. The molecule has 0 radical (unpaired) electrons. The van der Waals surface area contributed by atoms with Crippen LogP contribution in [0.3, 0.4) is 0 Å². The molecule has 0 aliphatic rings. The van der Waals surface area contributed by atoms with Gasteiger partial charge in [0.1, 0.15) is 11.2 Å². The van der Waals surface area contributed by atoms with E-state index < -0.39 is 0 Å². The molecule has 4 heteroatoms. The third-order valence-corrected chi connectivity index (χ3v) is 8.51. The highest BCUT2D eigenvalue weighted by Gasteiger charge is 2.18. The summed E-state index contributed by atoms with van der Waals surface area (Å²) in [5, 5.41) is 7.01. The normalized spacial score (nSPS) is 11.6. The van der Waals surface area contributed by atoms with E-state index in [2.05, 4.69) is 78.9 Å². The monoisotopic (exact) mass is 575 g/mol. The third kappa shape index (κ3) is 4.35. The predicted octanol–water partition coefficient (Wildman–Crippen LogP) is 10.7. The zero-order chi connectivity index (χ0) is 29.7. The summed E-state index contributed by atoms with van der Waals surface area (Å²) in [6.07, 6.45) is 0. The second-order valence-electron chi connectivity index (χ2n) is 11.3. The Balaban J connectivity index is 1.24. The summed E-state index contributed by atoms with van der Waals surface area (Å²) in [7, 11) is 0. The maximum Gasteiger partial charge on any atom is 0.164 e. The van der Waals surface area contributed by atoms with Crippen molar-refractivity contribution in [3.63, 3.8) is 0 Å². The van der Waals surface area contributed by atoms with Gasteiger partial charge in [0.15, 0.2) is 17.5 Å². The molecule has 9 rings (SSSR count). The van der Waals surface area contributed by atoms with E-state index in [9.17, 15) is 0 Å². The van der Waals surface area contributed by atoms with Crippen molar-refractivity contribution >= 4 is 43.5 Å². The highest BCUT2D eigenvalue weighted by molar-refractivity contribution is 6.13. The number of benzene rings is 7. The Kier molecular flexibility index (Phi) is 5.78. The molecule has 4 nitrogen and oxygen atoms in total. The minimum absolute atomic E-state index is 0.610. The first-order chi connectivity index (χ1) is 22.3. The van der Waals surface area contributed by atoms with E-state index in [1.54, 1.807) is 0 Å². The molecule has 0 unspecified atom stereocenters. The summed E-state index contributed by atoms with van der Waals surface area (Å²) in [6, 6.07) is 52.3. The Labute approximate surface area is 259 Å². The van der Waals surface area contributed by atoms with E-state index in [1.165, 1.54) is 21.5 Å². The van der Waals surface area contributed by atoms with Gasteiger partial charge in [0, 0.05) is 27.5 Å². The SMILES string of the molecule is c1ccc(-c2nc(-c3ccccc3)nc(-c3cccc4oc5ccc(-c6ccc7c(ccc8ccccc87)c6)cc5c34)n2)cc1. The lowest BCUT2D eigenvalue weighted by molar-refractivity contribution is 0.669. The fraction of sp³-hybridized carbons (Fsp3) is 0. The summed E-state index contributed by atoms with van der Waals surface area (Å²) < 4.78 is 6.38. The van der Waals surface area contributed by atoms with E-state index >= 15 is 0 Å². The largest absolute Gasteiger partial charge is 0.456 e. The molecule has 45 heavy (non-hydrogen) atoms. The van der Waals surface area contributed by atoms with E-state index in [4.69, 9.17) is 19.4 Å². The van der Waals surface area contributed by atoms with Crippen molar-refractivity contribution in [1.82, 2.24) is 15.0 Å². The van der Waals surface area contributed by atoms with Crippen LogP contribution >= 0.6 is 0 Å². The molecule has 0 aliphatic carbocycles. The van der Waals surface area contributed by atoms with E-state index in [1.807, 2.05) is 72.8 Å². The Morgan fingerprint density at radius 3 is 1.76 bits per heavy atom. The van der Waals surface area contributed by atoms with E-state index in [-0.39, 0.29) is 0 Å². The zero-order valence-corrected chi connectivity index (χ0v) is 24.2. The maximum absolute atomic E-state index is 6.38. The van der Waals surface area contributed by atoms with Crippen LogP contribution < -0.4 is 0 Å². The molecule has 0 saturated heterocycles. The van der Waals surface area contributed by atoms with Crippen molar-refractivity contribution in [1.29, 1.82) is 0 Å². The van der Waals surface area contributed by atoms with Gasteiger partial charge in [-0.15, -0.1) is 0 Å². The van der Waals surface area contributed by atoms with Gasteiger partial charge in [0.05, 0.1) is 0 Å². The fourth-order valence-electron chi connectivity index (χ4n) is 6.31. The summed E-state index contributed by atoms with van der Waals surface area (Å²) >= 11 is 0. The van der Waals surface area contributed by atoms with Crippen LogP contribution in [-0.2, 0) is 0 Å². The van der Waals surface area contributed by atoms with E-state index in [0.29, 0.717) is 17.5 Å². The van der Waals surface area contributed by atoms with Gasteiger partial charge < -0.3 is 4.42 Å². The molecule has 2 heterocycles. The van der Waals surface area contributed by atoms with Crippen LogP contribution in [0.25, 0.3) is 88.8 Å². The summed E-state index contributed by atoms with van der Waals surface area (Å²) in [5.41, 5.74) is 6.69. The number of hydrogen-bond donors (Lipinski definition) is 0. The fourth-order valence-corrected chi connectivity index (χ4v) is 6.31. The number of rotatable bonds is 4. The quantitative estimate of drug-likeness (QED) is 0.196. The lowest BCUT2D eigenvalue weighted by atomic mass is 9.96. The third-order valence-electron chi connectivity index (χ3n) is 8.51. The first-order valence-electron chi connectivity index (χ1n) is 15.0. The molecule has 0 atom stereocenters. The number of furan rings is 1. The van der Waals surface area contributed by atoms with Crippen LogP contribution in [0.2, 0.25) is 0 Å². The molecule has 0 bridgehead atoms. The van der Waals surface area contributed by atoms with Gasteiger partial charge >= 0.3 is 0 Å². The summed E-state index contributed by atoms with van der Waals surface area (Å²) in [4.78, 5) is 14.9. The second-order valence-corrected chi connectivity index (χ2v) is 11.3. The Morgan fingerprint density at radius 2 is 0.978 bits per heavy atom. The van der Waals surface area contributed by atoms with Gasteiger partial charge in [-0.2, -0.15) is 0 Å². The van der Waals surface area contributed by atoms with Crippen LogP contribution in [0.15, 0.2) is 156 Å². The van der Waals surface area contributed by atoms with Gasteiger partial charge in [-0.3, -0.25) is 0 Å². The molecule has 0 fully saturated rings. The van der Waals surface area contributed by atoms with Crippen LogP contribution in [0.5, 0.6) is 0 Å². The Hall–Kier alpha value is -6.13. The molecule has 0 amide bonds. The summed E-state index contributed by atoms with van der Waals surface area (Å²) in [6.45, 7) is 0. The predicted molar refractivity (Wildman–Crippen MR) is 184 cm³/mol. The number of aromatic nitrogens is 3. The van der Waals surface area contributed by atoms with Gasteiger partial charge in [-0.05, 0) is 56.9 Å². The Bertz CT molecular complexity index is 2480. The molecular weight excluding hydrogens is 550 g/mol. The average Bonchev–Trinajstić information content (AvgIpc) is 3.50. The van der Waals surface area contributed by atoms with Crippen LogP contribution in [-0.4, -0.2) is 15.0 Å². The van der Waals surface area contributed by atoms with Crippen molar-refractivity contribution < 1.29 is 4.42 Å². The number of nitrogens with zero attached hydrogens (tertiary/aromatic N) is 3. The van der Waals surface area contributed by atoms with Crippen LogP contribution in [0, 0.1) is 0 Å². The molecule has 9 aromatic rings.